The third kappa shape index (κ3) is 4.10. The number of aromatic amines is 1. The van der Waals surface area contributed by atoms with E-state index in [1.54, 1.807) is 13.0 Å². The van der Waals surface area contributed by atoms with E-state index < -0.39 is 5.69 Å². The van der Waals surface area contributed by atoms with Crippen molar-refractivity contribution in [3.63, 3.8) is 0 Å². The fraction of sp³-hybridized carbons (Fsp3) is 0.190. The average molecular weight is 377 g/mol. The number of rotatable bonds is 6. The van der Waals surface area contributed by atoms with Crippen LogP contribution in [0.2, 0.25) is 0 Å². The van der Waals surface area contributed by atoms with E-state index in [0.717, 1.165) is 27.9 Å². The molecule has 0 saturated heterocycles. The maximum atomic E-state index is 12.2. The van der Waals surface area contributed by atoms with Crippen molar-refractivity contribution in [1.29, 1.82) is 0 Å². The Morgan fingerprint density at radius 2 is 2.00 bits per heavy atom. The van der Waals surface area contributed by atoms with Crippen LogP contribution in [0.4, 0.5) is 11.4 Å². The first kappa shape index (κ1) is 19.3. The van der Waals surface area contributed by atoms with Crippen molar-refractivity contribution in [2.45, 2.75) is 13.8 Å². The monoisotopic (exact) mass is 377 g/mol. The second kappa shape index (κ2) is 8.06. The standard InChI is InChI=1S/C21H24N6O/c1-12-9-15(25-8-7-22)4-5-16(12)20-11-19(26-21(28)27-20)14-3-6-18(24)17(10-14)13(2)23/h3-6,9-11,23,25H,7-8,22,24H2,1-2H3,(H,26,27,28)/p+1. The van der Waals surface area contributed by atoms with Gasteiger partial charge in [-0.15, -0.1) is 0 Å². The second-order valence-electron chi connectivity index (χ2n) is 6.72. The number of benzene rings is 2. The molecule has 8 N–H and O–H groups in total. The van der Waals surface area contributed by atoms with E-state index in [2.05, 4.69) is 15.3 Å². The van der Waals surface area contributed by atoms with Crippen LogP contribution in [0.25, 0.3) is 22.5 Å². The van der Waals surface area contributed by atoms with Gasteiger partial charge in [0.25, 0.3) is 0 Å². The molecule has 3 aromatic rings. The van der Waals surface area contributed by atoms with Crippen molar-refractivity contribution in [3.8, 4) is 22.5 Å². The number of H-pyrrole nitrogens is 1. The van der Waals surface area contributed by atoms with Crippen molar-refractivity contribution in [2.24, 2.45) is 5.73 Å². The lowest BCUT2D eigenvalue weighted by atomic mass is 10.0. The zero-order valence-electron chi connectivity index (χ0n) is 16.0. The number of nitrogens with one attached hydrogen (secondary N) is 2. The van der Waals surface area contributed by atoms with Gasteiger partial charge in [-0.25, -0.2) is 4.79 Å². The molecule has 0 aliphatic carbocycles. The molecule has 7 heteroatoms. The van der Waals surface area contributed by atoms with E-state index in [0.29, 0.717) is 35.9 Å². The van der Waals surface area contributed by atoms with Gasteiger partial charge in [0.05, 0.1) is 17.0 Å². The summed E-state index contributed by atoms with van der Waals surface area (Å²) in [5, 5.41) is 9.16. The molecule has 0 atom stereocenters. The maximum absolute atomic E-state index is 12.2. The van der Waals surface area contributed by atoms with E-state index in [9.17, 15) is 4.79 Å². The Kier molecular flexibility index (Phi) is 5.56. The Hall–Kier alpha value is -3.45. The van der Waals surface area contributed by atoms with Gasteiger partial charge in [0.1, 0.15) is 0 Å². The lowest BCUT2D eigenvalue weighted by Gasteiger charge is -2.11. The second-order valence-corrected chi connectivity index (χ2v) is 6.72. The molecule has 144 valence electrons. The molecule has 0 unspecified atom stereocenters. The minimum atomic E-state index is -0.413. The van der Waals surface area contributed by atoms with Crippen LogP contribution in [-0.2, 0) is 0 Å². The highest BCUT2D eigenvalue weighted by Crippen LogP contribution is 2.27. The lowest BCUT2D eigenvalue weighted by Crippen LogP contribution is -2.38. The maximum Gasteiger partial charge on any atom is 0.345 e. The molecule has 28 heavy (non-hydrogen) atoms. The largest absolute Gasteiger partial charge is 0.398 e. The van der Waals surface area contributed by atoms with Crippen LogP contribution in [0.3, 0.4) is 0 Å². The van der Waals surface area contributed by atoms with Gasteiger partial charge in [0.15, 0.2) is 5.71 Å². The normalized spacial score (nSPS) is 10.7. The first-order valence-corrected chi connectivity index (χ1v) is 9.04. The average Bonchev–Trinajstić information content (AvgIpc) is 2.66. The molecule has 0 bridgehead atoms. The van der Waals surface area contributed by atoms with E-state index >= 15 is 0 Å². The zero-order chi connectivity index (χ0) is 20.3. The smallest absolute Gasteiger partial charge is 0.345 e. The molecule has 3 rings (SSSR count). The molecule has 0 spiro atoms. The minimum Gasteiger partial charge on any atom is -0.398 e. The molecule has 0 aliphatic rings. The Balaban J connectivity index is 2.05. The van der Waals surface area contributed by atoms with Crippen LogP contribution in [0.15, 0.2) is 47.3 Å². The Labute approximate surface area is 163 Å². The van der Waals surface area contributed by atoms with Crippen LogP contribution < -0.4 is 27.9 Å². The van der Waals surface area contributed by atoms with Gasteiger partial charge in [-0.05, 0) is 42.8 Å². The van der Waals surface area contributed by atoms with Crippen molar-refractivity contribution in [1.82, 2.24) is 9.97 Å². The molecular weight excluding hydrogens is 352 g/mol. The van der Waals surface area contributed by atoms with Gasteiger partial charge in [-0.3, -0.25) is 5.41 Å². The minimum absolute atomic E-state index is 0.413. The highest BCUT2D eigenvalue weighted by atomic mass is 16.1. The molecule has 0 fully saturated rings. The summed E-state index contributed by atoms with van der Waals surface area (Å²) < 4.78 is 0. The molecule has 1 aromatic heterocycles. The fourth-order valence-electron chi connectivity index (χ4n) is 3.10. The quantitative estimate of drug-likeness (QED) is 0.322. The first-order valence-electron chi connectivity index (χ1n) is 9.04. The van der Waals surface area contributed by atoms with Crippen LogP contribution in [0.1, 0.15) is 18.1 Å². The third-order valence-electron chi connectivity index (χ3n) is 4.51. The number of nitrogen functional groups attached to an aromatic ring is 1. The first-order chi connectivity index (χ1) is 13.4. The summed E-state index contributed by atoms with van der Waals surface area (Å²) in [5.41, 5.74) is 18.0. The molecule has 0 aliphatic heterocycles. The molecule has 1 heterocycles. The topological polar surface area (TPSA) is 135 Å². The van der Waals surface area contributed by atoms with Gasteiger partial charge in [-0.2, -0.15) is 4.98 Å². The van der Waals surface area contributed by atoms with E-state index in [1.165, 1.54) is 0 Å². The number of aromatic nitrogens is 2. The van der Waals surface area contributed by atoms with Gasteiger partial charge in [-0.1, -0.05) is 12.1 Å². The van der Waals surface area contributed by atoms with Gasteiger partial charge in [0.2, 0.25) is 0 Å². The predicted molar refractivity (Wildman–Crippen MR) is 114 cm³/mol. The van der Waals surface area contributed by atoms with E-state index in [-0.39, 0.29) is 0 Å². The third-order valence-corrected chi connectivity index (χ3v) is 4.51. The van der Waals surface area contributed by atoms with Crippen molar-refractivity contribution in [2.75, 3.05) is 24.1 Å². The summed E-state index contributed by atoms with van der Waals surface area (Å²) in [5.74, 6) is 0. The Morgan fingerprint density at radius 3 is 2.68 bits per heavy atom. The Morgan fingerprint density at radius 1 is 1.21 bits per heavy atom. The number of nitrogens with two attached hydrogens (primary N) is 3. The van der Waals surface area contributed by atoms with Crippen LogP contribution in [0, 0.1) is 6.92 Å². The van der Waals surface area contributed by atoms with Crippen molar-refractivity contribution >= 4 is 17.1 Å². The predicted octanol–water partition coefficient (Wildman–Crippen LogP) is 0.933. The van der Waals surface area contributed by atoms with Crippen LogP contribution in [0.5, 0.6) is 0 Å². The number of anilines is 2. The number of aryl methyl sites for hydroxylation is 1. The van der Waals surface area contributed by atoms with Gasteiger partial charge in [0, 0.05) is 42.5 Å². The molecule has 0 saturated carbocycles. The molecular formula is C21H25N6O+. The zero-order valence-corrected chi connectivity index (χ0v) is 16.0. The van der Waals surface area contributed by atoms with E-state index in [1.807, 2.05) is 43.3 Å². The Bertz CT molecular complexity index is 1090. The summed E-state index contributed by atoms with van der Waals surface area (Å²) in [4.78, 5) is 19.2. The summed E-state index contributed by atoms with van der Waals surface area (Å²) in [6.07, 6.45) is 0. The molecule has 0 radical (unpaired) electrons. The van der Waals surface area contributed by atoms with Gasteiger partial charge >= 0.3 is 5.69 Å². The highest BCUT2D eigenvalue weighted by molar-refractivity contribution is 6.00. The summed E-state index contributed by atoms with van der Waals surface area (Å²) in [7, 11) is 0. The number of hydrogen-bond donors (Lipinski definition) is 5. The number of hydrogen-bond acceptors (Lipinski definition) is 5. The van der Waals surface area contributed by atoms with Crippen LogP contribution in [-0.4, -0.2) is 28.8 Å². The van der Waals surface area contributed by atoms with Gasteiger partial charge < -0.3 is 21.8 Å². The molecule has 2 aromatic carbocycles. The fourth-order valence-corrected chi connectivity index (χ4v) is 3.10. The summed E-state index contributed by atoms with van der Waals surface area (Å²) >= 11 is 0. The van der Waals surface area contributed by atoms with Crippen molar-refractivity contribution in [3.05, 3.63) is 64.1 Å². The van der Waals surface area contributed by atoms with Crippen LogP contribution >= 0.6 is 0 Å². The van der Waals surface area contributed by atoms with E-state index in [4.69, 9.17) is 16.9 Å². The molecule has 0 amide bonds. The molecule has 7 nitrogen and oxygen atoms in total. The van der Waals surface area contributed by atoms with Crippen molar-refractivity contribution < 1.29 is 5.41 Å². The highest BCUT2D eigenvalue weighted by Gasteiger charge is 2.12. The lowest BCUT2D eigenvalue weighted by molar-refractivity contribution is -0.113. The number of nitrogens with zero attached hydrogens (tertiary/aromatic N) is 1. The summed E-state index contributed by atoms with van der Waals surface area (Å²) in [6.45, 7) is 5.04. The SMILES string of the molecule is CC(=[NH2+])c1cc(-c2cc(-c3ccc(NCCN)cc3C)[nH]c(=O)n2)ccc1N. The summed E-state index contributed by atoms with van der Waals surface area (Å²) in [6, 6.07) is 13.3.